The van der Waals surface area contributed by atoms with E-state index in [9.17, 15) is 13.2 Å². The highest BCUT2D eigenvalue weighted by Gasteiger charge is 2.26. The van der Waals surface area contributed by atoms with Crippen molar-refractivity contribution in [2.45, 2.75) is 38.8 Å². The predicted molar refractivity (Wildman–Crippen MR) is 154 cm³/mol. The molecule has 0 aliphatic heterocycles. The average molecular weight is 560 g/mol. The maximum atomic E-state index is 13.8. The number of thiazole rings is 1. The lowest BCUT2D eigenvalue weighted by atomic mass is 10.1. The summed E-state index contributed by atoms with van der Waals surface area (Å²) >= 11 is 1.44. The molecule has 0 aliphatic rings. The van der Waals surface area contributed by atoms with Crippen molar-refractivity contribution >= 4 is 42.6 Å². The Morgan fingerprint density at radius 1 is 0.923 bits per heavy atom. The highest BCUT2D eigenvalue weighted by atomic mass is 32.2. The number of hydrogen-bond donors (Lipinski definition) is 0. The first-order chi connectivity index (χ1) is 18.8. The predicted octanol–water partition coefficient (Wildman–Crippen LogP) is 6.56. The molecule has 0 radical (unpaired) electrons. The van der Waals surface area contributed by atoms with Crippen molar-refractivity contribution in [3.8, 4) is 0 Å². The molecule has 0 fully saturated rings. The third kappa shape index (κ3) is 5.66. The van der Waals surface area contributed by atoms with Gasteiger partial charge in [-0.25, -0.2) is 13.4 Å². The Morgan fingerprint density at radius 2 is 1.64 bits per heavy atom. The van der Waals surface area contributed by atoms with Crippen LogP contribution in [0.2, 0.25) is 0 Å². The molecule has 39 heavy (non-hydrogen) atoms. The summed E-state index contributed by atoms with van der Waals surface area (Å²) in [7, 11) is -3.75. The van der Waals surface area contributed by atoms with E-state index >= 15 is 0 Å². The van der Waals surface area contributed by atoms with Crippen LogP contribution in [-0.4, -0.2) is 30.2 Å². The number of aromatic nitrogens is 1. The lowest BCUT2D eigenvalue weighted by Gasteiger charge is -2.21. The molecule has 1 amide bonds. The second-order valence-electron chi connectivity index (χ2n) is 9.31. The zero-order chi connectivity index (χ0) is 27.6. The second-order valence-corrected chi connectivity index (χ2v) is 12.3. The lowest BCUT2D eigenvalue weighted by Crippen LogP contribution is -2.31. The number of hydrogen-bond acceptors (Lipinski definition) is 6. The van der Waals surface area contributed by atoms with Gasteiger partial charge in [-0.15, -0.1) is 0 Å². The SMILES string of the molecule is CCN(Cc1ccccc1)S(=O)(=O)c1ccc(C(=O)N(Cc2ccco2)c2nc3cc(C)c(C)cc3s2)cc1. The topological polar surface area (TPSA) is 83.7 Å². The molecule has 0 unspecified atom stereocenters. The molecule has 200 valence electrons. The fourth-order valence-corrected chi connectivity index (χ4v) is 6.78. The van der Waals surface area contributed by atoms with Gasteiger partial charge < -0.3 is 4.42 Å². The highest BCUT2D eigenvalue weighted by molar-refractivity contribution is 7.89. The Kier molecular flexibility index (Phi) is 7.65. The maximum absolute atomic E-state index is 13.8. The first-order valence-electron chi connectivity index (χ1n) is 12.6. The van der Waals surface area contributed by atoms with Gasteiger partial charge in [0.2, 0.25) is 10.0 Å². The van der Waals surface area contributed by atoms with Gasteiger partial charge in [0.25, 0.3) is 5.91 Å². The summed E-state index contributed by atoms with van der Waals surface area (Å²) in [4.78, 5) is 20.2. The highest BCUT2D eigenvalue weighted by Crippen LogP contribution is 2.33. The average Bonchev–Trinajstić information content (AvgIpc) is 3.60. The number of anilines is 1. The van der Waals surface area contributed by atoms with Gasteiger partial charge in [-0.05, 0) is 79.1 Å². The number of benzene rings is 3. The summed E-state index contributed by atoms with van der Waals surface area (Å²) in [5, 5.41) is 0.549. The zero-order valence-electron chi connectivity index (χ0n) is 22.0. The molecule has 3 aromatic carbocycles. The summed E-state index contributed by atoms with van der Waals surface area (Å²) in [5.74, 6) is 0.327. The van der Waals surface area contributed by atoms with Crippen molar-refractivity contribution in [3.63, 3.8) is 0 Å². The van der Waals surface area contributed by atoms with E-state index in [0.717, 1.165) is 26.9 Å². The van der Waals surface area contributed by atoms with Gasteiger partial charge in [0.15, 0.2) is 5.13 Å². The minimum absolute atomic E-state index is 0.139. The largest absolute Gasteiger partial charge is 0.467 e. The van der Waals surface area contributed by atoms with Crippen LogP contribution in [0, 0.1) is 13.8 Å². The Hall–Kier alpha value is -3.79. The van der Waals surface area contributed by atoms with E-state index in [1.807, 2.05) is 56.3 Å². The van der Waals surface area contributed by atoms with Crippen molar-refractivity contribution < 1.29 is 17.6 Å². The number of fused-ring (bicyclic) bond motifs is 1. The summed E-state index contributed by atoms with van der Waals surface area (Å²) in [6.07, 6.45) is 1.57. The summed E-state index contributed by atoms with van der Waals surface area (Å²) in [6.45, 7) is 6.69. The van der Waals surface area contributed by atoms with Crippen LogP contribution in [-0.2, 0) is 23.1 Å². The second kappa shape index (κ2) is 11.1. The van der Waals surface area contributed by atoms with Crippen LogP contribution >= 0.6 is 11.3 Å². The van der Waals surface area contributed by atoms with E-state index < -0.39 is 10.0 Å². The monoisotopic (exact) mass is 559 g/mol. The smallest absolute Gasteiger partial charge is 0.260 e. The Balaban J connectivity index is 1.44. The van der Waals surface area contributed by atoms with Gasteiger partial charge in [-0.2, -0.15) is 4.31 Å². The molecule has 5 rings (SSSR count). The van der Waals surface area contributed by atoms with Gasteiger partial charge in [-0.1, -0.05) is 48.6 Å². The Morgan fingerprint density at radius 3 is 2.31 bits per heavy atom. The van der Waals surface area contributed by atoms with Crippen molar-refractivity contribution in [1.29, 1.82) is 0 Å². The van der Waals surface area contributed by atoms with Crippen LogP contribution in [0.25, 0.3) is 10.2 Å². The summed E-state index contributed by atoms with van der Waals surface area (Å²) < 4.78 is 34.7. The number of rotatable bonds is 9. The molecule has 9 heteroatoms. The van der Waals surface area contributed by atoms with E-state index in [1.54, 1.807) is 29.4 Å². The lowest BCUT2D eigenvalue weighted by molar-refractivity contribution is 0.0983. The Labute approximate surface area is 232 Å². The van der Waals surface area contributed by atoms with Crippen molar-refractivity contribution in [2.24, 2.45) is 0 Å². The first-order valence-corrected chi connectivity index (χ1v) is 14.9. The number of nitrogens with zero attached hydrogens (tertiary/aromatic N) is 3. The molecule has 0 spiro atoms. The standard InChI is InChI=1S/C30H29N3O4S2/c1-4-32(19-23-9-6-5-7-10-23)39(35,36)26-14-12-24(13-15-26)29(34)33(20-25-11-8-16-37-25)30-31-27-17-21(2)22(3)18-28(27)38-30/h5-18H,4,19-20H2,1-3H3. The number of sulfonamides is 1. The van der Waals surface area contributed by atoms with Gasteiger partial charge in [-0.3, -0.25) is 9.69 Å². The van der Waals surface area contributed by atoms with Crippen molar-refractivity contribution in [3.05, 3.63) is 113 Å². The summed E-state index contributed by atoms with van der Waals surface area (Å²) in [5.41, 5.74) is 4.39. The van der Waals surface area contributed by atoms with Crippen LogP contribution < -0.4 is 4.90 Å². The van der Waals surface area contributed by atoms with Crippen molar-refractivity contribution in [2.75, 3.05) is 11.4 Å². The molecule has 0 atom stereocenters. The molecular weight excluding hydrogens is 530 g/mol. The molecule has 2 aromatic heterocycles. The van der Waals surface area contributed by atoms with E-state index in [4.69, 9.17) is 9.40 Å². The first kappa shape index (κ1) is 26.8. The normalized spacial score (nSPS) is 11.8. The third-order valence-electron chi connectivity index (χ3n) is 6.66. The number of aryl methyl sites for hydroxylation is 2. The van der Waals surface area contributed by atoms with Crippen LogP contribution in [0.3, 0.4) is 0 Å². The molecule has 0 saturated carbocycles. The number of amides is 1. The van der Waals surface area contributed by atoms with E-state index in [0.29, 0.717) is 23.0 Å². The fourth-order valence-electron chi connectivity index (χ4n) is 4.30. The molecule has 0 saturated heterocycles. The number of carbonyl (C=O) groups is 1. The van der Waals surface area contributed by atoms with E-state index in [2.05, 4.69) is 13.0 Å². The molecular formula is C30H29N3O4S2. The van der Waals surface area contributed by atoms with Crippen LogP contribution in [0.4, 0.5) is 5.13 Å². The quantitative estimate of drug-likeness (QED) is 0.204. The minimum atomic E-state index is -3.75. The van der Waals surface area contributed by atoms with Crippen LogP contribution in [0.15, 0.2) is 94.4 Å². The molecule has 7 nitrogen and oxygen atoms in total. The van der Waals surface area contributed by atoms with E-state index in [-0.39, 0.29) is 23.9 Å². The van der Waals surface area contributed by atoms with Gasteiger partial charge in [0.05, 0.1) is 27.9 Å². The number of carbonyl (C=O) groups excluding carboxylic acids is 1. The molecule has 0 aliphatic carbocycles. The van der Waals surface area contributed by atoms with E-state index in [1.165, 1.54) is 27.8 Å². The van der Waals surface area contributed by atoms with Gasteiger partial charge in [0.1, 0.15) is 5.76 Å². The third-order valence-corrected chi connectivity index (χ3v) is 9.63. The van der Waals surface area contributed by atoms with Crippen LogP contribution in [0.5, 0.6) is 0 Å². The molecule has 2 heterocycles. The van der Waals surface area contributed by atoms with Crippen molar-refractivity contribution in [1.82, 2.24) is 9.29 Å². The van der Waals surface area contributed by atoms with Gasteiger partial charge in [0, 0.05) is 18.7 Å². The number of furan rings is 1. The maximum Gasteiger partial charge on any atom is 0.260 e. The molecule has 5 aromatic rings. The molecule has 0 bridgehead atoms. The molecule has 0 N–H and O–H groups in total. The Bertz CT molecular complexity index is 1660. The van der Waals surface area contributed by atoms with Gasteiger partial charge >= 0.3 is 0 Å². The summed E-state index contributed by atoms with van der Waals surface area (Å²) in [6, 6.07) is 23.3. The fraction of sp³-hybridized carbons (Fsp3) is 0.200. The van der Waals surface area contributed by atoms with Crippen LogP contribution in [0.1, 0.15) is 39.7 Å². The zero-order valence-corrected chi connectivity index (χ0v) is 23.6. The minimum Gasteiger partial charge on any atom is -0.467 e.